The molecular formula is C20H18ClN3O2S. The maximum absolute atomic E-state index is 12.6. The fraction of sp³-hybridized carbons (Fsp3) is 0.350. The molecule has 1 saturated heterocycles. The molecule has 1 aliphatic carbocycles. The number of anilines is 1. The first kappa shape index (κ1) is 17.1. The number of amides is 1. The SMILES string of the molecule is O=C(Nc1ncc(-c2ccc3cnc(Cl)cc3c2)s1)C1CC12CCOCC2. The van der Waals surface area contributed by atoms with Gasteiger partial charge >= 0.3 is 0 Å². The van der Waals surface area contributed by atoms with Gasteiger partial charge in [-0.15, -0.1) is 0 Å². The van der Waals surface area contributed by atoms with Crippen LogP contribution in [0.3, 0.4) is 0 Å². The second kappa shape index (κ2) is 6.55. The molecule has 3 heterocycles. The van der Waals surface area contributed by atoms with E-state index in [0.717, 1.165) is 53.7 Å². The molecular weight excluding hydrogens is 382 g/mol. The van der Waals surface area contributed by atoms with E-state index in [1.807, 2.05) is 18.2 Å². The van der Waals surface area contributed by atoms with Crippen molar-refractivity contribution in [1.29, 1.82) is 0 Å². The van der Waals surface area contributed by atoms with Gasteiger partial charge in [-0.1, -0.05) is 35.1 Å². The molecule has 2 aromatic heterocycles. The largest absolute Gasteiger partial charge is 0.381 e. The molecule has 1 atom stereocenters. The Balaban J connectivity index is 1.32. The average molecular weight is 400 g/mol. The number of benzene rings is 1. The van der Waals surface area contributed by atoms with Crippen molar-refractivity contribution in [1.82, 2.24) is 9.97 Å². The second-order valence-corrected chi connectivity index (χ2v) is 8.74. The number of nitrogens with one attached hydrogen (secondary N) is 1. The zero-order valence-corrected chi connectivity index (χ0v) is 16.1. The van der Waals surface area contributed by atoms with E-state index >= 15 is 0 Å². The van der Waals surface area contributed by atoms with E-state index in [9.17, 15) is 4.79 Å². The maximum atomic E-state index is 12.6. The van der Waals surface area contributed by atoms with Crippen molar-refractivity contribution >= 4 is 44.7 Å². The summed E-state index contributed by atoms with van der Waals surface area (Å²) in [6.45, 7) is 1.54. The Hall–Kier alpha value is -2.02. The number of carbonyl (C=O) groups excluding carboxylic acids is 1. The van der Waals surface area contributed by atoms with Crippen molar-refractivity contribution in [3.8, 4) is 10.4 Å². The molecule has 1 N–H and O–H groups in total. The number of thiazole rings is 1. The Morgan fingerprint density at radius 2 is 2.04 bits per heavy atom. The molecule has 2 aliphatic rings. The van der Waals surface area contributed by atoms with Gasteiger partial charge in [0.1, 0.15) is 5.15 Å². The number of hydrogen-bond acceptors (Lipinski definition) is 5. The summed E-state index contributed by atoms with van der Waals surface area (Å²) in [6, 6.07) is 7.98. The summed E-state index contributed by atoms with van der Waals surface area (Å²) in [5.74, 6) is 0.193. The first-order valence-electron chi connectivity index (χ1n) is 9.03. The van der Waals surface area contributed by atoms with Crippen LogP contribution in [-0.4, -0.2) is 29.1 Å². The number of pyridine rings is 1. The van der Waals surface area contributed by atoms with E-state index in [-0.39, 0.29) is 17.2 Å². The highest BCUT2D eigenvalue weighted by Crippen LogP contribution is 2.59. The van der Waals surface area contributed by atoms with Crippen molar-refractivity contribution in [2.24, 2.45) is 11.3 Å². The van der Waals surface area contributed by atoms with Gasteiger partial charge in [0, 0.05) is 36.9 Å². The lowest BCUT2D eigenvalue weighted by molar-refractivity contribution is -0.118. The van der Waals surface area contributed by atoms with Crippen molar-refractivity contribution < 1.29 is 9.53 Å². The smallest absolute Gasteiger partial charge is 0.229 e. The number of carbonyl (C=O) groups is 1. The molecule has 2 fully saturated rings. The summed E-state index contributed by atoms with van der Waals surface area (Å²) in [7, 11) is 0. The first-order valence-corrected chi connectivity index (χ1v) is 10.2. The molecule has 1 saturated carbocycles. The van der Waals surface area contributed by atoms with E-state index in [2.05, 4.69) is 21.4 Å². The zero-order chi connectivity index (χ0) is 18.4. The highest BCUT2D eigenvalue weighted by molar-refractivity contribution is 7.19. The first-order chi connectivity index (χ1) is 13.1. The Kier molecular flexibility index (Phi) is 4.15. The predicted molar refractivity (Wildman–Crippen MR) is 107 cm³/mol. The number of ether oxygens (including phenoxy) is 1. The molecule has 1 spiro atoms. The van der Waals surface area contributed by atoms with Crippen LogP contribution in [0.2, 0.25) is 5.15 Å². The van der Waals surface area contributed by atoms with Gasteiger partial charge < -0.3 is 10.1 Å². The van der Waals surface area contributed by atoms with Crippen molar-refractivity contribution in [2.45, 2.75) is 19.3 Å². The third-order valence-corrected chi connectivity index (χ3v) is 6.87. The maximum Gasteiger partial charge on any atom is 0.229 e. The van der Waals surface area contributed by atoms with Gasteiger partial charge in [-0.25, -0.2) is 9.97 Å². The molecule has 27 heavy (non-hydrogen) atoms. The van der Waals surface area contributed by atoms with E-state index < -0.39 is 0 Å². The van der Waals surface area contributed by atoms with Crippen LogP contribution in [0.5, 0.6) is 0 Å². The number of aromatic nitrogens is 2. The quantitative estimate of drug-likeness (QED) is 0.644. The number of hydrogen-bond donors (Lipinski definition) is 1. The normalized spacial score (nSPS) is 20.7. The van der Waals surface area contributed by atoms with Crippen molar-refractivity contribution in [3.63, 3.8) is 0 Å². The van der Waals surface area contributed by atoms with Gasteiger partial charge in [0.2, 0.25) is 5.91 Å². The van der Waals surface area contributed by atoms with Crippen LogP contribution >= 0.6 is 22.9 Å². The Morgan fingerprint density at radius 3 is 2.89 bits per heavy atom. The number of halogens is 1. The summed E-state index contributed by atoms with van der Waals surface area (Å²) < 4.78 is 5.43. The number of rotatable bonds is 3. The van der Waals surface area contributed by atoms with E-state index in [1.54, 1.807) is 12.4 Å². The fourth-order valence-electron chi connectivity index (χ4n) is 3.97. The van der Waals surface area contributed by atoms with Crippen molar-refractivity contribution in [3.05, 3.63) is 41.8 Å². The highest BCUT2D eigenvalue weighted by Gasteiger charge is 2.58. The summed E-state index contributed by atoms with van der Waals surface area (Å²) in [5, 5.41) is 6.21. The fourth-order valence-corrected chi connectivity index (χ4v) is 4.96. The summed E-state index contributed by atoms with van der Waals surface area (Å²) in [6.07, 6.45) is 6.52. The van der Waals surface area contributed by atoms with Gasteiger partial charge in [0.05, 0.1) is 4.88 Å². The molecule has 138 valence electrons. The summed E-state index contributed by atoms with van der Waals surface area (Å²) in [5.41, 5.74) is 1.23. The molecule has 5 rings (SSSR count). The standard InChI is InChI=1S/C20H18ClN3O2S/c21-17-8-14-7-12(1-2-13(14)10-22-17)16-11-23-19(27-16)24-18(25)15-9-20(15)3-5-26-6-4-20/h1-2,7-8,10-11,15H,3-6,9H2,(H,23,24,25). The van der Waals surface area contributed by atoms with Gasteiger partial charge in [-0.2, -0.15) is 0 Å². The lowest BCUT2D eigenvalue weighted by Crippen LogP contribution is -2.24. The van der Waals surface area contributed by atoms with Gasteiger partial charge in [0.15, 0.2) is 5.13 Å². The topological polar surface area (TPSA) is 64.1 Å². The lowest BCUT2D eigenvalue weighted by Gasteiger charge is -2.22. The summed E-state index contributed by atoms with van der Waals surface area (Å²) in [4.78, 5) is 22.1. The van der Waals surface area contributed by atoms with E-state index in [0.29, 0.717) is 10.3 Å². The molecule has 1 amide bonds. The van der Waals surface area contributed by atoms with Crippen LogP contribution in [0.1, 0.15) is 19.3 Å². The Labute approximate surface area is 165 Å². The number of fused-ring (bicyclic) bond motifs is 1. The third-order valence-electron chi connectivity index (χ3n) is 5.70. The minimum absolute atomic E-state index is 0.0918. The highest BCUT2D eigenvalue weighted by atomic mass is 35.5. The zero-order valence-electron chi connectivity index (χ0n) is 14.6. The van der Waals surface area contributed by atoms with Crippen LogP contribution in [0.15, 0.2) is 36.7 Å². The van der Waals surface area contributed by atoms with Crippen LogP contribution in [-0.2, 0) is 9.53 Å². The monoisotopic (exact) mass is 399 g/mol. The van der Waals surface area contributed by atoms with Crippen LogP contribution in [0.4, 0.5) is 5.13 Å². The van der Waals surface area contributed by atoms with Gasteiger partial charge in [-0.3, -0.25) is 4.79 Å². The number of nitrogens with zero attached hydrogens (tertiary/aromatic N) is 2. The molecule has 3 aromatic rings. The van der Waals surface area contributed by atoms with E-state index in [4.69, 9.17) is 16.3 Å². The molecule has 7 heteroatoms. The van der Waals surface area contributed by atoms with Crippen molar-refractivity contribution in [2.75, 3.05) is 18.5 Å². The van der Waals surface area contributed by atoms with Gasteiger partial charge in [0.25, 0.3) is 0 Å². The van der Waals surface area contributed by atoms with Crippen LogP contribution in [0, 0.1) is 11.3 Å². The molecule has 1 unspecified atom stereocenters. The minimum Gasteiger partial charge on any atom is -0.381 e. The van der Waals surface area contributed by atoms with Gasteiger partial charge in [-0.05, 0) is 47.8 Å². The Morgan fingerprint density at radius 1 is 1.19 bits per heavy atom. The second-order valence-electron chi connectivity index (χ2n) is 7.32. The summed E-state index contributed by atoms with van der Waals surface area (Å²) >= 11 is 7.49. The molecule has 1 aliphatic heterocycles. The molecule has 0 bridgehead atoms. The van der Waals surface area contributed by atoms with Crippen LogP contribution in [0.25, 0.3) is 21.2 Å². The van der Waals surface area contributed by atoms with E-state index in [1.165, 1.54) is 11.3 Å². The Bertz CT molecular complexity index is 1030. The average Bonchev–Trinajstić information content (AvgIpc) is 3.16. The molecule has 5 nitrogen and oxygen atoms in total. The third kappa shape index (κ3) is 3.22. The molecule has 0 radical (unpaired) electrons. The lowest BCUT2D eigenvalue weighted by atomic mass is 9.94. The molecule has 1 aromatic carbocycles. The predicted octanol–water partition coefficient (Wildman–Crippen LogP) is 4.77. The van der Waals surface area contributed by atoms with Crippen LogP contribution < -0.4 is 5.32 Å². The minimum atomic E-state index is 0.0918.